The summed E-state index contributed by atoms with van der Waals surface area (Å²) in [5.74, 6) is -0.116. The van der Waals surface area contributed by atoms with Crippen LogP contribution in [0.1, 0.15) is 0 Å². The van der Waals surface area contributed by atoms with E-state index in [0.29, 0.717) is 71.6 Å². The summed E-state index contributed by atoms with van der Waals surface area (Å²) in [7, 11) is 1.64. The molecule has 152 valence electrons. The van der Waals surface area contributed by atoms with Gasteiger partial charge in [0.2, 0.25) is 0 Å². The first-order chi connectivity index (χ1) is 13.3. The largest absolute Gasteiger partial charge is 0.382 e. The number of nitrogens with one attached hydrogen (secondary N) is 1. The van der Waals surface area contributed by atoms with E-state index < -0.39 is 0 Å². The van der Waals surface area contributed by atoms with Gasteiger partial charge in [0, 0.05) is 19.2 Å². The first kappa shape index (κ1) is 23.3. The van der Waals surface area contributed by atoms with Crippen molar-refractivity contribution in [3.8, 4) is 0 Å². The summed E-state index contributed by atoms with van der Waals surface area (Å²) in [6.45, 7) is 5.18. The Morgan fingerprint density at radius 3 is 1.89 bits per heavy atom. The number of allylic oxidation sites excluding steroid dienone is 6. The van der Waals surface area contributed by atoms with Gasteiger partial charge in [-0.1, -0.05) is 30.4 Å². The predicted octanol–water partition coefficient (Wildman–Crippen LogP) is 1.42. The molecule has 1 rings (SSSR count). The molecule has 0 saturated heterocycles. The van der Waals surface area contributed by atoms with E-state index in [1.54, 1.807) is 19.3 Å². The Kier molecular flexibility index (Phi) is 15.2. The third-order valence-corrected chi connectivity index (χ3v) is 3.34. The van der Waals surface area contributed by atoms with Gasteiger partial charge in [-0.05, 0) is 12.2 Å². The van der Waals surface area contributed by atoms with Gasteiger partial charge in [0.25, 0.3) is 5.91 Å². The molecule has 0 radical (unpaired) electrons. The van der Waals surface area contributed by atoms with Crippen molar-refractivity contribution in [1.29, 1.82) is 0 Å². The number of methoxy groups -OCH3 is 1. The van der Waals surface area contributed by atoms with Gasteiger partial charge in [-0.25, -0.2) is 0 Å². The number of hydrogen-bond acceptors (Lipinski definition) is 6. The van der Waals surface area contributed by atoms with Crippen LogP contribution in [0.15, 0.2) is 48.1 Å². The molecular formula is C20H31NO6. The molecule has 0 atom stereocenters. The number of carbonyl (C=O) groups is 1. The van der Waals surface area contributed by atoms with E-state index in [0.717, 1.165) is 0 Å². The van der Waals surface area contributed by atoms with Crippen LogP contribution in [0.2, 0.25) is 0 Å². The summed E-state index contributed by atoms with van der Waals surface area (Å²) in [5.41, 5.74) is 0.614. The van der Waals surface area contributed by atoms with Crippen molar-refractivity contribution >= 4 is 5.91 Å². The zero-order valence-corrected chi connectivity index (χ0v) is 16.1. The second kappa shape index (κ2) is 17.6. The second-order valence-electron chi connectivity index (χ2n) is 5.45. The lowest BCUT2D eigenvalue weighted by Gasteiger charge is -2.08. The Morgan fingerprint density at radius 2 is 1.26 bits per heavy atom. The quantitative estimate of drug-likeness (QED) is 0.408. The fourth-order valence-electron chi connectivity index (χ4n) is 1.96. The number of rotatable bonds is 16. The van der Waals surface area contributed by atoms with Crippen LogP contribution in [0.3, 0.4) is 0 Å². The summed E-state index contributed by atoms with van der Waals surface area (Å²) >= 11 is 0. The van der Waals surface area contributed by atoms with Gasteiger partial charge in [-0.3, -0.25) is 4.79 Å². The monoisotopic (exact) mass is 381 g/mol. The summed E-state index contributed by atoms with van der Waals surface area (Å²) in [6, 6.07) is 0. The van der Waals surface area contributed by atoms with Crippen LogP contribution in [-0.4, -0.2) is 79.0 Å². The molecule has 1 N–H and O–H groups in total. The summed E-state index contributed by atoms with van der Waals surface area (Å²) in [5, 5.41) is 2.82. The van der Waals surface area contributed by atoms with Gasteiger partial charge in [0.1, 0.15) is 0 Å². The smallest absolute Gasteiger partial charge is 0.251 e. The van der Waals surface area contributed by atoms with Crippen LogP contribution in [0, 0.1) is 0 Å². The SMILES string of the molecule is COCCOCCOCCOCCOCCNC(=O)C1=C/C=C\C=C/C=C\1. The summed E-state index contributed by atoms with van der Waals surface area (Å²) in [4.78, 5) is 12.0. The van der Waals surface area contributed by atoms with E-state index >= 15 is 0 Å². The van der Waals surface area contributed by atoms with Crippen molar-refractivity contribution in [2.24, 2.45) is 0 Å². The highest BCUT2D eigenvalue weighted by atomic mass is 16.6. The predicted molar refractivity (Wildman–Crippen MR) is 104 cm³/mol. The maximum atomic E-state index is 12.0. The molecule has 0 aromatic heterocycles. The Morgan fingerprint density at radius 1 is 0.741 bits per heavy atom. The van der Waals surface area contributed by atoms with Crippen LogP contribution in [0.5, 0.6) is 0 Å². The first-order valence-electron chi connectivity index (χ1n) is 9.14. The molecule has 0 aromatic carbocycles. The van der Waals surface area contributed by atoms with Crippen LogP contribution in [0.4, 0.5) is 0 Å². The number of hydrogen-bond donors (Lipinski definition) is 1. The van der Waals surface area contributed by atoms with Crippen LogP contribution in [-0.2, 0) is 28.5 Å². The lowest BCUT2D eigenvalue weighted by atomic mass is 10.1. The van der Waals surface area contributed by atoms with Gasteiger partial charge >= 0.3 is 0 Å². The van der Waals surface area contributed by atoms with Crippen molar-refractivity contribution in [3.63, 3.8) is 0 Å². The van der Waals surface area contributed by atoms with Crippen LogP contribution >= 0.6 is 0 Å². The molecule has 0 bridgehead atoms. The zero-order valence-electron chi connectivity index (χ0n) is 16.1. The van der Waals surface area contributed by atoms with Crippen molar-refractivity contribution in [3.05, 3.63) is 48.1 Å². The van der Waals surface area contributed by atoms with E-state index in [-0.39, 0.29) is 5.91 Å². The van der Waals surface area contributed by atoms with E-state index in [2.05, 4.69) is 5.32 Å². The average molecular weight is 381 g/mol. The van der Waals surface area contributed by atoms with Crippen molar-refractivity contribution in [2.45, 2.75) is 0 Å². The average Bonchev–Trinajstić information content (AvgIpc) is 2.64. The van der Waals surface area contributed by atoms with E-state index in [1.807, 2.05) is 30.4 Å². The number of carbonyl (C=O) groups excluding carboxylic acids is 1. The maximum Gasteiger partial charge on any atom is 0.251 e. The Hall–Kier alpha value is -1.77. The van der Waals surface area contributed by atoms with Gasteiger partial charge in [0.05, 0.1) is 59.5 Å². The molecule has 1 aliphatic carbocycles. The molecule has 0 unspecified atom stereocenters. The number of ether oxygens (including phenoxy) is 5. The Balaban J connectivity index is 1.86. The van der Waals surface area contributed by atoms with E-state index in [4.69, 9.17) is 23.7 Å². The summed E-state index contributed by atoms with van der Waals surface area (Å²) in [6.07, 6.45) is 12.9. The highest BCUT2D eigenvalue weighted by Gasteiger charge is 2.04. The molecule has 7 nitrogen and oxygen atoms in total. The van der Waals surface area contributed by atoms with Gasteiger partial charge < -0.3 is 29.0 Å². The van der Waals surface area contributed by atoms with E-state index in [9.17, 15) is 4.79 Å². The molecule has 0 spiro atoms. The van der Waals surface area contributed by atoms with Gasteiger partial charge in [-0.2, -0.15) is 0 Å². The molecule has 27 heavy (non-hydrogen) atoms. The minimum Gasteiger partial charge on any atom is -0.382 e. The maximum absolute atomic E-state index is 12.0. The third-order valence-electron chi connectivity index (χ3n) is 3.34. The fraction of sp³-hybridized carbons (Fsp3) is 0.550. The fourth-order valence-corrected chi connectivity index (χ4v) is 1.96. The molecule has 0 aromatic rings. The molecular weight excluding hydrogens is 350 g/mol. The summed E-state index contributed by atoms with van der Waals surface area (Å²) < 4.78 is 26.3. The topological polar surface area (TPSA) is 75.2 Å². The minimum absolute atomic E-state index is 0.116. The number of amides is 1. The molecule has 1 aliphatic rings. The minimum atomic E-state index is -0.116. The van der Waals surface area contributed by atoms with Gasteiger partial charge in [0.15, 0.2) is 0 Å². The van der Waals surface area contributed by atoms with Crippen molar-refractivity contribution in [2.75, 3.05) is 73.1 Å². The molecule has 0 saturated carbocycles. The molecule has 1 amide bonds. The van der Waals surface area contributed by atoms with Crippen molar-refractivity contribution < 1.29 is 28.5 Å². The lowest BCUT2D eigenvalue weighted by molar-refractivity contribution is -0.117. The normalized spacial score (nSPS) is 18.8. The molecule has 0 fully saturated rings. The highest BCUT2D eigenvalue weighted by molar-refractivity contribution is 5.96. The Bertz CT molecular complexity index is 499. The molecule has 0 aliphatic heterocycles. The zero-order chi connectivity index (χ0) is 19.4. The first-order valence-corrected chi connectivity index (χ1v) is 9.14. The Labute approximate surface area is 161 Å². The second-order valence-corrected chi connectivity index (χ2v) is 5.45. The molecule has 0 heterocycles. The van der Waals surface area contributed by atoms with Crippen LogP contribution in [0.25, 0.3) is 0 Å². The third kappa shape index (κ3) is 14.0. The standard InChI is InChI=1S/C20H31NO6/c1-23-11-12-25-15-16-27-18-17-26-14-13-24-10-9-21-20(22)19-7-5-3-2-4-6-8-19/h2-8H,9-18H2,1H3,(H,21,22)/b3-2-,4-2?,5-3?,6-4-,7-5-,8-6?,19-7?,19-8+. The van der Waals surface area contributed by atoms with Crippen LogP contribution < -0.4 is 5.32 Å². The lowest BCUT2D eigenvalue weighted by Crippen LogP contribution is -2.28. The van der Waals surface area contributed by atoms with E-state index in [1.165, 1.54) is 0 Å². The van der Waals surface area contributed by atoms with Gasteiger partial charge in [-0.15, -0.1) is 0 Å². The highest BCUT2D eigenvalue weighted by Crippen LogP contribution is 2.01. The van der Waals surface area contributed by atoms with Crippen molar-refractivity contribution in [1.82, 2.24) is 5.32 Å². The molecule has 7 heteroatoms.